The number of para-hydroxylation sites is 1. The number of sulfonamides is 1. The normalized spacial score (nSPS) is 15.7. The van der Waals surface area contributed by atoms with Crippen LogP contribution in [0.15, 0.2) is 53.6 Å². The summed E-state index contributed by atoms with van der Waals surface area (Å²) in [5.74, 6) is -0.147. The number of aromatic nitrogens is 2. The standard InChI is InChI=1S/C25H32FN7O3S/c1-5-36-22-14-17(33-13-12-18(16-33)32(3)4)10-11-20(22)30-25-28-15-19(26)24(31-25)29-21-8-6-7-9-23(21)37(34,35)27-2/h6-11,14-15,18,27H,5,12-13,16H2,1-4H3,(H2,28,29,30,31)/t18-/m0/s1. The van der Waals surface area contributed by atoms with E-state index in [1.54, 1.807) is 12.1 Å². The molecule has 1 aliphatic heterocycles. The second-order valence-electron chi connectivity index (χ2n) is 8.81. The van der Waals surface area contributed by atoms with E-state index in [4.69, 9.17) is 4.74 Å². The van der Waals surface area contributed by atoms with Gasteiger partial charge in [0.05, 0.1) is 24.2 Å². The Bertz CT molecular complexity index is 1350. The third kappa shape index (κ3) is 6.09. The maximum atomic E-state index is 14.6. The van der Waals surface area contributed by atoms with Crippen LogP contribution in [0.1, 0.15) is 13.3 Å². The zero-order valence-corrected chi connectivity index (χ0v) is 22.1. The van der Waals surface area contributed by atoms with Crippen LogP contribution in [-0.4, -0.2) is 70.2 Å². The van der Waals surface area contributed by atoms with Gasteiger partial charge in [-0.15, -0.1) is 0 Å². The summed E-state index contributed by atoms with van der Waals surface area (Å²) < 4.78 is 47.5. The molecule has 1 aromatic heterocycles. The first-order valence-electron chi connectivity index (χ1n) is 12.0. The van der Waals surface area contributed by atoms with Gasteiger partial charge in [0.25, 0.3) is 0 Å². The first-order chi connectivity index (χ1) is 17.7. The van der Waals surface area contributed by atoms with Crippen LogP contribution >= 0.6 is 0 Å². The maximum Gasteiger partial charge on any atom is 0.242 e. The van der Waals surface area contributed by atoms with E-state index in [0.29, 0.717) is 24.1 Å². The van der Waals surface area contributed by atoms with E-state index in [-0.39, 0.29) is 22.3 Å². The fourth-order valence-electron chi connectivity index (χ4n) is 4.16. The first kappa shape index (κ1) is 26.6. The number of benzene rings is 2. The van der Waals surface area contributed by atoms with E-state index in [0.717, 1.165) is 31.4 Å². The predicted molar refractivity (Wildman–Crippen MR) is 143 cm³/mol. The van der Waals surface area contributed by atoms with Crippen molar-refractivity contribution < 1.29 is 17.5 Å². The number of anilines is 5. The second kappa shape index (κ2) is 11.3. The molecule has 0 spiro atoms. The van der Waals surface area contributed by atoms with E-state index < -0.39 is 15.8 Å². The molecule has 1 saturated heterocycles. The molecule has 2 heterocycles. The molecule has 12 heteroatoms. The molecule has 4 rings (SSSR count). The van der Waals surface area contributed by atoms with Crippen LogP contribution in [0.4, 0.5) is 33.2 Å². The summed E-state index contributed by atoms with van der Waals surface area (Å²) in [7, 11) is 1.73. The minimum absolute atomic E-state index is 0.0299. The largest absolute Gasteiger partial charge is 0.492 e. The van der Waals surface area contributed by atoms with Gasteiger partial charge in [-0.25, -0.2) is 22.5 Å². The lowest BCUT2D eigenvalue weighted by Crippen LogP contribution is -2.31. The topological polar surface area (TPSA) is 112 Å². The minimum atomic E-state index is -3.77. The molecule has 0 unspecified atom stereocenters. The van der Waals surface area contributed by atoms with Crippen LogP contribution in [0.2, 0.25) is 0 Å². The molecule has 2 aromatic carbocycles. The molecule has 3 aromatic rings. The van der Waals surface area contributed by atoms with Crippen molar-refractivity contribution >= 4 is 38.9 Å². The summed E-state index contributed by atoms with van der Waals surface area (Å²) in [5, 5.41) is 5.88. The molecule has 0 amide bonds. The second-order valence-corrected chi connectivity index (χ2v) is 10.7. The molecule has 0 bridgehead atoms. The summed E-state index contributed by atoms with van der Waals surface area (Å²) in [5.41, 5.74) is 1.87. The molecule has 198 valence electrons. The maximum absolute atomic E-state index is 14.6. The average Bonchev–Trinajstić information content (AvgIpc) is 3.38. The van der Waals surface area contributed by atoms with Gasteiger partial charge in [-0.3, -0.25) is 0 Å². The van der Waals surface area contributed by atoms with Crippen molar-refractivity contribution in [3.63, 3.8) is 0 Å². The number of nitrogens with one attached hydrogen (secondary N) is 3. The number of halogens is 1. The predicted octanol–water partition coefficient (Wildman–Crippen LogP) is 3.55. The molecule has 0 radical (unpaired) electrons. The molecule has 1 atom stereocenters. The van der Waals surface area contributed by atoms with E-state index >= 15 is 0 Å². The highest BCUT2D eigenvalue weighted by Gasteiger charge is 2.25. The molecular weight excluding hydrogens is 497 g/mol. The molecule has 1 fully saturated rings. The number of hydrogen-bond donors (Lipinski definition) is 3. The van der Waals surface area contributed by atoms with Gasteiger partial charge in [-0.05, 0) is 58.8 Å². The average molecular weight is 530 g/mol. The fourth-order valence-corrected chi connectivity index (χ4v) is 5.05. The van der Waals surface area contributed by atoms with Crippen LogP contribution < -0.4 is 25.0 Å². The Morgan fingerprint density at radius 2 is 1.95 bits per heavy atom. The third-order valence-corrected chi connectivity index (χ3v) is 7.69. The fraction of sp³-hybridized carbons (Fsp3) is 0.360. The highest BCUT2D eigenvalue weighted by atomic mass is 32.2. The SMILES string of the molecule is CCOc1cc(N2CC[C@H](N(C)C)C2)ccc1Nc1ncc(F)c(Nc2ccccc2S(=O)(=O)NC)n1. The van der Waals surface area contributed by atoms with Crippen LogP contribution in [0.5, 0.6) is 5.75 Å². The highest BCUT2D eigenvalue weighted by Crippen LogP contribution is 2.34. The lowest BCUT2D eigenvalue weighted by Gasteiger charge is -2.23. The zero-order chi connectivity index (χ0) is 26.6. The Morgan fingerprint density at radius 3 is 2.65 bits per heavy atom. The van der Waals surface area contributed by atoms with Crippen molar-refractivity contribution in [3.05, 3.63) is 54.5 Å². The summed E-state index contributed by atoms with van der Waals surface area (Å²) >= 11 is 0. The van der Waals surface area contributed by atoms with Gasteiger partial charge in [0.2, 0.25) is 16.0 Å². The number of ether oxygens (including phenoxy) is 1. The van der Waals surface area contributed by atoms with Gasteiger partial charge in [0.1, 0.15) is 10.6 Å². The lowest BCUT2D eigenvalue weighted by molar-refractivity contribution is 0.315. The summed E-state index contributed by atoms with van der Waals surface area (Å²) in [6.07, 6.45) is 2.11. The molecule has 1 aliphatic rings. The van der Waals surface area contributed by atoms with Gasteiger partial charge in [-0.2, -0.15) is 4.98 Å². The van der Waals surface area contributed by atoms with E-state index in [9.17, 15) is 12.8 Å². The molecule has 3 N–H and O–H groups in total. The monoisotopic (exact) mass is 529 g/mol. The quantitative estimate of drug-likeness (QED) is 0.363. The Balaban J connectivity index is 1.58. The molecule has 0 aliphatic carbocycles. The first-order valence-corrected chi connectivity index (χ1v) is 13.5. The van der Waals surface area contributed by atoms with E-state index in [2.05, 4.69) is 49.2 Å². The van der Waals surface area contributed by atoms with Crippen molar-refractivity contribution in [2.45, 2.75) is 24.3 Å². The van der Waals surface area contributed by atoms with Crippen molar-refractivity contribution in [3.8, 4) is 5.75 Å². The Labute approximate surface area is 216 Å². The van der Waals surface area contributed by atoms with E-state index in [1.807, 2.05) is 25.1 Å². The lowest BCUT2D eigenvalue weighted by atomic mass is 10.2. The number of likely N-dealkylation sites (N-methyl/N-ethyl adjacent to an activating group) is 1. The Hall–Kier alpha value is -3.48. The Morgan fingerprint density at radius 1 is 1.16 bits per heavy atom. The van der Waals surface area contributed by atoms with Crippen LogP contribution in [0.25, 0.3) is 0 Å². The number of nitrogens with zero attached hydrogens (tertiary/aromatic N) is 4. The summed E-state index contributed by atoms with van der Waals surface area (Å²) in [6, 6.07) is 12.5. The van der Waals surface area contributed by atoms with E-state index in [1.165, 1.54) is 19.2 Å². The van der Waals surface area contributed by atoms with Gasteiger partial charge < -0.3 is 25.2 Å². The van der Waals surface area contributed by atoms with Gasteiger partial charge in [-0.1, -0.05) is 12.1 Å². The van der Waals surface area contributed by atoms with Gasteiger partial charge in [0.15, 0.2) is 11.6 Å². The van der Waals surface area contributed by atoms with Gasteiger partial charge in [0, 0.05) is 30.9 Å². The van der Waals surface area contributed by atoms with Crippen LogP contribution in [-0.2, 0) is 10.0 Å². The third-order valence-electron chi connectivity index (χ3n) is 6.21. The zero-order valence-electron chi connectivity index (χ0n) is 21.3. The molecule has 10 nitrogen and oxygen atoms in total. The number of rotatable bonds is 10. The van der Waals surface area contributed by atoms with Gasteiger partial charge >= 0.3 is 0 Å². The molecule has 0 saturated carbocycles. The van der Waals surface area contributed by atoms with Crippen molar-refractivity contribution in [1.29, 1.82) is 0 Å². The molecule has 37 heavy (non-hydrogen) atoms. The minimum Gasteiger partial charge on any atom is -0.492 e. The van der Waals surface area contributed by atoms with Crippen molar-refractivity contribution in [1.82, 2.24) is 19.6 Å². The van der Waals surface area contributed by atoms with Crippen LogP contribution in [0, 0.1) is 5.82 Å². The van der Waals surface area contributed by atoms with Crippen molar-refractivity contribution in [2.75, 3.05) is 56.4 Å². The summed E-state index contributed by atoms with van der Waals surface area (Å²) in [4.78, 5) is 12.8. The van der Waals surface area contributed by atoms with Crippen molar-refractivity contribution in [2.24, 2.45) is 0 Å². The molecular formula is C25H32FN7O3S. The van der Waals surface area contributed by atoms with Crippen LogP contribution in [0.3, 0.4) is 0 Å². The summed E-state index contributed by atoms with van der Waals surface area (Å²) in [6.45, 7) is 4.27. The highest BCUT2D eigenvalue weighted by molar-refractivity contribution is 7.89. The Kier molecular flexibility index (Phi) is 8.10. The smallest absolute Gasteiger partial charge is 0.242 e. The number of hydrogen-bond acceptors (Lipinski definition) is 9.